The number of nitrogens with zero attached hydrogens (tertiary/aromatic N) is 2. The summed E-state index contributed by atoms with van der Waals surface area (Å²) in [5.74, 6) is 0.970. The number of aliphatic hydroxyl groups excluding tert-OH is 1. The summed E-state index contributed by atoms with van der Waals surface area (Å²) >= 11 is 0. The zero-order chi connectivity index (χ0) is 12.1. The SMILES string of the molecule is CC(CCO)Nc1ncnc2c1CCCCC2. The molecule has 1 heterocycles. The average Bonchev–Trinajstić information content (AvgIpc) is 2.55. The minimum Gasteiger partial charge on any atom is -0.396 e. The summed E-state index contributed by atoms with van der Waals surface area (Å²) in [6, 6.07) is 0.252. The minimum absolute atomic E-state index is 0.210. The molecular formula is C13H21N3O. The number of aryl methyl sites for hydroxylation is 1. The van der Waals surface area contributed by atoms with E-state index < -0.39 is 0 Å². The molecule has 2 N–H and O–H groups in total. The second kappa shape index (κ2) is 5.96. The van der Waals surface area contributed by atoms with Gasteiger partial charge in [-0.3, -0.25) is 0 Å². The van der Waals surface area contributed by atoms with Gasteiger partial charge in [0.2, 0.25) is 0 Å². The number of hydrogen-bond donors (Lipinski definition) is 2. The first-order valence-corrected chi connectivity index (χ1v) is 6.51. The van der Waals surface area contributed by atoms with Gasteiger partial charge in [-0.05, 0) is 39.0 Å². The van der Waals surface area contributed by atoms with Gasteiger partial charge in [0.15, 0.2) is 0 Å². The molecule has 2 rings (SSSR count). The Balaban J connectivity index is 2.16. The molecule has 1 atom stereocenters. The van der Waals surface area contributed by atoms with Crippen LogP contribution < -0.4 is 5.32 Å². The molecule has 0 aliphatic heterocycles. The van der Waals surface area contributed by atoms with Crippen LogP contribution in [0.3, 0.4) is 0 Å². The predicted molar refractivity (Wildman–Crippen MR) is 68.1 cm³/mol. The molecule has 0 bridgehead atoms. The monoisotopic (exact) mass is 235 g/mol. The first kappa shape index (κ1) is 12.3. The molecular weight excluding hydrogens is 214 g/mol. The predicted octanol–water partition coefficient (Wildman–Crippen LogP) is 1.93. The second-order valence-corrected chi connectivity index (χ2v) is 4.77. The summed E-state index contributed by atoms with van der Waals surface area (Å²) in [6.45, 7) is 2.28. The highest BCUT2D eigenvalue weighted by Gasteiger charge is 2.15. The molecule has 4 heteroatoms. The van der Waals surface area contributed by atoms with Gasteiger partial charge in [-0.25, -0.2) is 9.97 Å². The first-order valence-electron chi connectivity index (χ1n) is 6.51. The molecule has 4 nitrogen and oxygen atoms in total. The Morgan fingerprint density at radius 3 is 2.94 bits per heavy atom. The summed E-state index contributed by atoms with van der Waals surface area (Å²) in [5, 5.41) is 12.3. The molecule has 0 radical (unpaired) electrons. The number of rotatable bonds is 4. The molecule has 0 saturated heterocycles. The molecule has 0 fully saturated rings. The molecule has 1 unspecified atom stereocenters. The maximum absolute atomic E-state index is 8.93. The van der Waals surface area contributed by atoms with Gasteiger partial charge >= 0.3 is 0 Å². The zero-order valence-corrected chi connectivity index (χ0v) is 10.4. The van der Waals surface area contributed by atoms with Gasteiger partial charge in [0, 0.05) is 23.9 Å². The minimum atomic E-state index is 0.210. The van der Waals surface area contributed by atoms with Gasteiger partial charge in [-0.2, -0.15) is 0 Å². The molecule has 1 aromatic rings. The molecule has 0 saturated carbocycles. The fraction of sp³-hybridized carbons (Fsp3) is 0.692. The highest BCUT2D eigenvalue weighted by molar-refractivity contribution is 5.47. The van der Waals surface area contributed by atoms with E-state index in [1.165, 1.54) is 30.5 Å². The molecule has 0 amide bonds. The van der Waals surface area contributed by atoms with Crippen LogP contribution in [0.15, 0.2) is 6.33 Å². The van der Waals surface area contributed by atoms with E-state index in [9.17, 15) is 0 Å². The molecule has 94 valence electrons. The van der Waals surface area contributed by atoms with Crippen molar-refractivity contribution < 1.29 is 5.11 Å². The van der Waals surface area contributed by atoms with E-state index in [0.717, 1.165) is 25.1 Å². The Morgan fingerprint density at radius 2 is 2.12 bits per heavy atom. The quantitative estimate of drug-likeness (QED) is 0.783. The van der Waals surface area contributed by atoms with Crippen LogP contribution >= 0.6 is 0 Å². The standard InChI is InChI=1S/C13H21N3O/c1-10(7-8-17)16-13-11-5-3-2-4-6-12(11)14-9-15-13/h9-10,17H,2-8H2,1H3,(H,14,15,16). The summed E-state index contributed by atoms with van der Waals surface area (Å²) in [4.78, 5) is 8.74. The molecule has 1 aliphatic carbocycles. The lowest BCUT2D eigenvalue weighted by atomic mass is 10.1. The maximum atomic E-state index is 8.93. The van der Waals surface area contributed by atoms with Crippen LogP contribution in [-0.2, 0) is 12.8 Å². The molecule has 1 aliphatic rings. The third-order valence-corrected chi connectivity index (χ3v) is 3.32. The van der Waals surface area contributed by atoms with Crippen molar-refractivity contribution in [3.8, 4) is 0 Å². The van der Waals surface area contributed by atoms with Crippen molar-refractivity contribution in [3.05, 3.63) is 17.6 Å². The smallest absolute Gasteiger partial charge is 0.133 e. The van der Waals surface area contributed by atoms with Gasteiger partial charge in [0.1, 0.15) is 12.1 Å². The van der Waals surface area contributed by atoms with E-state index in [4.69, 9.17) is 5.11 Å². The van der Waals surface area contributed by atoms with Crippen molar-refractivity contribution in [1.29, 1.82) is 0 Å². The zero-order valence-electron chi connectivity index (χ0n) is 10.4. The van der Waals surface area contributed by atoms with Crippen LogP contribution in [0.2, 0.25) is 0 Å². The molecule has 1 aromatic heterocycles. The van der Waals surface area contributed by atoms with E-state index in [1.807, 2.05) is 0 Å². The van der Waals surface area contributed by atoms with Crippen molar-refractivity contribution in [2.45, 2.75) is 51.5 Å². The fourth-order valence-electron chi connectivity index (χ4n) is 2.32. The fourth-order valence-corrected chi connectivity index (χ4v) is 2.32. The molecule has 0 aromatic carbocycles. The third-order valence-electron chi connectivity index (χ3n) is 3.32. The summed E-state index contributed by atoms with van der Waals surface area (Å²) in [7, 11) is 0. The number of nitrogens with one attached hydrogen (secondary N) is 1. The summed E-state index contributed by atoms with van der Waals surface area (Å²) in [6.07, 6.45) is 8.28. The van der Waals surface area contributed by atoms with Gasteiger partial charge in [0.05, 0.1) is 0 Å². The number of hydrogen-bond acceptors (Lipinski definition) is 4. The number of fused-ring (bicyclic) bond motifs is 1. The lowest BCUT2D eigenvalue weighted by Gasteiger charge is -2.17. The first-order chi connectivity index (χ1) is 8.31. The number of aliphatic hydroxyl groups is 1. The topological polar surface area (TPSA) is 58.0 Å². The Morgan fingerprint density at radius 1 is 1.29 bits per heavy atom. The second-order valence-electron chi connectivity index (χ2n) is 4.77. The van der Waals surface area contributed by atoms with Gasteiger partial charge in [0.25, 0.3) is 0 Å². The Hall–Kier alpha value is -1.16. The summed E-state index contributed by atoms with van der Waals surface area (Å²) in [5.41, 5.74) is 2.49. The normalized spacial score (nSPS) is 17.1. The van der Waals surface area contributed by atoms with Crippen molar-refractivity contribution in [2.75, 3.05) is 11.9 Å². The van der Waals surface area contributed by atoms with Crippen molar-refractivity contribution in [3.63, 3.8) is 0 Å². The van der Waals surface area contributed by atoms with Gasteiger partial charge in [-0.1, -0.05) is 6.42 Å². The van der Waals surface area contributed by atoms with Crippen molar-refractivity contribution in [2.24, 2.45) is 0 Å². The molecule has 17 heavy (non-hydrogen) atoms. The summed E-state index contributed by atoms with van der Waals surface area (Å²) < 4.78 is 0. The number of anilines is 1. The lowest BCUT2D eigenvalue weighted by molar-refractivity contribution is 0.282. The van der Waals surface area contributed by atoms with Crippen LogP contribution in [0.25, 0.3) is 0 Å². The average molecular weight is 235 g/mol. The highest BCUT2D eigenvalue weighted by atomic mass is 16.3. The Labute approximate surface area is 102 Å². The van der Waals surface area contributed by atoms with E-state index in [2.05, 4.69) is 22.2 Å². The Bertz CT molecular complexity index is 368. The van der Waals surface area contributed by atoms with E-state index in [-0.39, 0.29) is 12.6 Å². The van der Waals surface area contributed by atoms with Crippen LogP contribution in [0.4, 0.5) is 5.82 Å². The van der Waals surface area contributed by atoms with Crippen molar-refractivity contribution >= 4 is 5.82 Å². The van der Waals surface area contributed by atoms with E-state index in [0.29, 0.717) is 0 Å². The maximum Gasteiger partial charge on any atom is 0.133 e. The van der Waals surface area contributed by atoms with E-state index >= 15 is 0 Å². The largest absolute Gasteiger partial charge is 0.396 e. The van der Waals surface area contributed by atoms with Crippen molar-refractivity contribution in [1.82, 2.24) is 9.97 Å². The van der Waals surface area contributed by atoms with Gasteiger partial charge in [-0.15, -0.1) is 0 Å². The Kier molecular flexibility index (Phi) is 4.31. The number of aromatic nitrogens is 2. The van der Waals surface area contributed by atoms with E-state index in [1.54, 1.807) is 6.33 Å². The lowest BCUT2D eigenvalue weighted by Crippen LogP contribution is -2.19. The molecule has 0 spiro atoms. The van der Waals surface area contributed by atoms with Crippen LogP contribution in [0.5, 0.6) is 0 Å². The van der Waals surface area contributed by atoms with Crippen LogP contribution in [0.1, 0.15) is 43.9 Å². The van der Waals surface area contributed by atoms with Gasteiger partial charge < -0.3 is 10.4 Å². The third kappa shape index (κ3) is 3.16. The van der Waals surface area contributed by atoms with Crippen LogP contribution in [-0.4, -0.2) is 27.7 Å². The van der Waals surface area contributed by atoms with Crippen LogP contribution in [0, 0.1) is 0 Å². The highest BCUT2D eigenvalue weighted by Crippen LogP contribution is 2.24.